The van der Waals surface area contributed by atoms with Crippen LogP contribution < -0.4 is 14.1 Å². The molecule has 1 heterocycles. The summed E-state index contributed by atoms with van der Waals surface area (Å²) in [6.07, 6.45) is -4.55. The zero-order valence-corrected chi connectivity index (χ0v) is 14.3. The van der Waals surface area contributed by atoms with Crippen LogP contribution in [0.3, 0.4) is 0 Å². The van der Waals surface area contributed by atoms with E-state index >= 15 is 0 Å². The Kier molecular flexibility index (Phi) is 5.10. The molecule has 136 valence electrons. The van der Waals surface area contributed by atoms with Crippen molar-refractivity contribution in [3.05, 3.63) is 60.3 Å². The standard InChI is InChI=1S/C17H14F3N3O2S/c1-24-13-8-4-12(5-9-13)23-15(10-16(22-23)17(18,19)20)11-2-6-14(7-3-11)25-26-21/h2-10H,21H2,1H3. The number of alkyl halides is 3. The lowest BCUT2D eigenvalue weighted by Crippen LogP contribution is -2.07. The topological polar surface area (TPSA) is 62.3 Å². The van der Waals surface area contributed by atoms with Crippen molar-refractivity contribution in [1.29, 1.82) is 0 Å². The van der Waals surface area contributed by atoms with Gasteiger partial charge in [0.05, 0.1) is 18.5 Å². The number of methoxy groups -OCH3 is 1. The molecule has 26 heavy (non-hydrogen) atoms. The normalized spacial score (nSPS) is 11.4. The summed E-state index contributed by atoms with van der Waals surface area (Å²) in [4.78, 5) is 0. The van der Waals surface area contributed by atoms with Crippen LogP contribution in [0.1, 0.15) is 5.69 Å². The summed E-state index contributed by atoms with van der Waals surface area (Å²) in [7, 11) is 1.51. The monoisotopic (exact) mass is 381 g/mol. The Labute approximate surface area is 151 Å². The first kappa shape index (κ1) is 18.2. The van der Waals surface area contributed by atoms with Gasteiger partial charge in [-0.3, -0.25) is 0 Å². The highest BCUT2D eigenvalue weighted by Gasteiger charge is 2.35. The van der Waals surface area contributed by atoms with Gasteiger partial charge >= 0.3 is 6.18 Å². The van der Waals surface area contributed by atoms with E-state index in [-0.39, 0.29) is 0 Å². The molecule has 0 radical (unpaired) electrons. The number of nitrogens with two attached hydrogens (primary N) is 1. The number of hydrogen-bond acceptors (Lipinski definition) is 5. The molecule has 0 bridgehead atoms. The molecule has 0 spiro atoms. The van der Waals surface area contributed by atoms with Crippen LogP contribution in [0.4, 0.5) is 13.2 Å². The molecule has 2 aromatic carbocycles. The Morgan fingerprint density at radius 2 is 1.62 bits per heavy atom. The fourth-order valence-electron chi connectivity index (χ4n) is 2.38. The van der Waals surface area contributed by atoms with Gasteiger partial charge in [-0.1, -0.05) is 0 Å². The number of halogens is 3. The van der Waals surface area contributed by atoms with E-state index in [0.717, 1.165) is 6.07 Å². The van der Waals surface area contributed by atoms with Gasteiger partial charge in [0.25, 0.3) is 0 Å². The van der Waals surface area contributed by atoms with E-state index in [1.54, 1.807) is 48.5 Å². The lowest BCUT2D eigenvalue weighted by molar-refractivity contribution is -0.141. The average Bonchev–Trinajstić information content (AvgIpc) is 3.08. The summed E-state index contributed by atoms with van der Waals surface area (Å²) >= 11 is 0.689. The number of nitrogens with zero attached hydrogens (tertiary/aromatic N) is 2. The molecule has 0 aliphatic carbocycles. The second kappa shape index (κ2) is 7.30. The van der Waals surface area contributed by atoms with E-state index in [1.807, 2.05) is 0 Å². The van der Waals surface area contributed by atoms with Gasteiger partial charge < -0.3 is 8.92 Å². The summed E-state index contributed by atoms with van der Waals surface area (Å²) in [5.41, 5.74) is 0.364. The van der Waals surface area contributed by atoms with Crippen LogP contribution in [0.15, 0.2) is 54.6 Å². The van der Waals surface area contributed by atoms with Crippen LogP contribution in [0, 0.1) is 0 Å². The van der Waals surface area contributed by atoms with Gasteiger partial charge in [-0.2, -0.15) is 18.3 Å². The maximum absolute atomic E-state index is 13.2. The Bertz CT molecular complexity index is 878. The summed E-state index contributed by atoms with van der Waals surface area (Å²) in [6, 6.07) is 14.1. The highest BCUT2D eigenvalue weighted by atomic mass is 32.2. The molecule has 0 saturated heterocycles. The molecule has 2 N–H and O–H groups in total. The molecule has 3 rings (SSSR count). The molecule has 0 unspecified atom stereocenters. The van der Waals surface area contributed by atoms with Crippen LogP contribution in [0.25, 0.3) is 16.9 Å². The van der Waals surface area contributed by atoms with Crippen molar-refractivity contribution in [3.8, 4) is 28.4 Å². The Hall–Kier alpha value is -2.65. The third-order valence-electron chi connectivity index (χ3n) is 3.61. The molecule has 0 atom stereocenters. The summed E-state index contributed by atoms with van der Waals surface area (Å²) in [5.74, 6) is 1.09. The maximum Gasteiger partial charge on any atom is 0.435 e. The molecular weight excluding hydrogens is 367 g/mol. The Balaban J connectivity index is 2.08. The van der Waals surface area contributed by atoms with Crippen molar-refractivity contribution >= 4 is 12.2 Å². The minimum Gasteiger partial charge on any atom is -0.497 e. The molecule has 0 saturated carbocycles. The molecule has 0 aliphatic rings. The van der Waals surface area contributed by atoms with Crippen LogP contribution >= 0.6 is 12.2 Å². The van der Waals surface area contributed by atoms with Crippen molar-refractivity contribution in [2.24, 2.45) is 5.14 Å². The van der Waals surface area contributed by atoms with Gasteiger partial charge in [-0.15, -0.1) is 0 Å². The van der Waals surface area contributed by atoms with Crippen molar-refractivity contribution in [2.45, 2.75) is 6.18 Å². The van der Waals surface area contributed by atoms with Crippen molar-refractivity contribution in [1.82, 2.24) is 9.78 Å². The predicted molar refractivity (Wildman–Crippen MR) is 93.0 cm³/mol. The van der Waals surface area contributed by atoms with Gasteiger partial charge in [0, 0.05) is 5.56 Å². The van der Waals surface area contributed by atoms with E-state index in [2.05, 4.69) is 5.10 Å². The minimum atomic E-state index is -4.55. The number of hydrogen-bond donors (Lipinski definition) is 1. The summed E-state index contributed by atoms with van der Waals surface area (Å²) in [5, 5.41) is 8.97. The second-order valence-corrected chi connectivity index (χ2v) is 5.59. The van der Waals surface area contributed by atoms with E-state index in [9.17, 15) is 13.2 Å². The first-order valence-electron chi connectivity index (χ1n) is 7.38. The fourth-order valence-corrected chi connectivity index (χ4v) is 2.60. The number of ether oxygens (including phenoxy) is 1. The largest absolute Gasteiger partial charge is 0.497 e. The molecule has 0 fully saturated rings. The molecule has 0 amide bonds. The molecule has 3 aromatic rings. The zero-order valence-electron chi connectivity index (χ0n) is 13.5. The van der Waals surface area contributed by atoms with Crippen molar-refractivity contribution in [3.63, 3.8) is 0 Å². The van der Waals surface area contributed by atoms with Crippen LogP contribution in [-0.2, 0) is 6.18 Å². The van der Waals surface area contributed by atoms with Crippen LogP contribution in [0.5, 0.6) is 11.5 Å². The Morgan fingerprint density at radius 1 is 1.00 bits per heavy atom. The first-order chi connectivity index (χ1) is 12.4. The summed E-state index contributed by atoms with van der Waals surface area (Å²) < 4.78 is 50.9. The zero-order chi connectivity index (χ0) is 18.7. The van der Waals surface area contributed by atoms with E-state index in [0.29, 0.717) is 40.7 Å². The first-order valence-corrected chi connectivity index (χ1v) is 8.18. The number of benzene rings is 2. The average molecular weight is 381 g/mol. The second-order valence-electron chi connectivity index (χ2n) is 5.23. The van der Waals surface area contributed by atoms with Crippen LogP contribution in [0.2, 0.25) is 0 Å². The van der Waals surface area contributed by atoms with Gasteiger partial charge in [0.2, 0.25) is 0 Å². The van der Waals surface area contributed by atoms with E-state index in [4.69, 9.17) is 14.1 Å². The van der Waals surface area contributed by atoms with Crippen LogP contribution in [-0.4, -0.2) is 16.9 Å². The molecular formula is C17H14F3N3O2S. The highest BCUT2D eigenvalue weighted by Crippen LogP contribution is 2.34. The molecule has 5 nitrogen and oxygen atoms in total. The Morgan fingerprint density at radius 3 is 2.15 bits per heavy atom. The third kappa shape index (κ3) is 3.78. The van der Waals surface area contributed by atoms with E-state index in [1.165, 1.54) is 11.8 Å². The maximum atomic E-state index is 13.2. The highest BCUT2D eigenvalue weighted by molar-refractivity contribution is 7.92. The molecule has 0 aliphatic heterocycles. The minimum absolute atomic E-state index is 0.300. The third-order valence-corrected chi connectivity index (χ3v) is 3.90. The summed E-state index contributed by atoms with van der Waals surface area (Å²) in [6.45, 7) is 0. The molecule has 9 heteroatoms. The van der Waals surface area contributed by atoms with E-state index < -0.39 is 11.9 Å². The predicted octanol–water partition coefficient (Wildman–Crippen LogP) is 4.47. The van der Waals surface area contributed by atoms with Crippen molar-refractivity contribution < 1.29 is 22.1 Å². The molecule has 1 aromatic heterocycles. The van der Waals surface area contributed by atoms with Gasteiger partial charge in [0.1, 0.15) is 23.7 Å². The smallest absolute Gasteiger partial charge is 0.435 e. The van der Waals surface area contributed by atoms with Gasteiger partial charge in [0.15, 0.2) is 5.69 Å². The van der Waals surface area contributed by atoms with Gasteiger partial charge in [-0.25, -0.2) is 9.82 Å². The lowest BCUT2D eigenvalue weighted by atomic mass is 10.1. The lowest BCUT2D eigenvalue weighted by Gasteiger charge is -2.09. The number of aromatic nitrogens is 2. The number of rotatable bonds is 5. The quantitative estimate of drug-likeness (QED) is 0.522. The SMILES string of the molecule is COc1ccc(-n2nc(C(F)(F)F)cc2-c2ccc(OSN)cc2)cc1. The van der Waals surface area contributed by atoms with Gasteiger partial charge in [-0.05, 0) is 54.6 Å². The van der Waals surface area contributed by atoms with Crippen molar-refractivity contribution in [2.75, 3.05) is 7.11 Å². The fraction of sp³-hybridized carbons (Fsp3) is 0.118.